The molecule has 0 aliphatic carbocycles. The van der Waals surface area contributed by atoms with Gasteiger partial charge in [0.2, 0.25) is 0 Å². The van der Waals surface area contributed by atoms with Crippen LogP contribution in [0.4, 0.5) is 0 Å². The van der Waals surface area contributed by atoms with Gasteiger partial charge in [0.1, 0.15) is 6.61 Å². The fourth-order valence-corrected chi connectivity index (χ4v) is 7.44. The van der Waals surface area contributed by atoms with Gasteiger partial charge in [0.15, 0.2) is 6.10 Å². The monoisotopic (exact) mass is 909 g/mol. The fourth-order valence-electron chi connectivity index (χ4n) is 6.61. The van der Waals surface area contributed by atoms with Gasteiger partial charge in [-0.05, 0) is 57.5 Å². The molecule has 0 aromatic carbocycles. The van der Waals surface area contributed by atoms with Gasteiger partial charge in [-0.25, -0.2) is 4.57 Å². The number of rotatable bonds is 44. The lowest BCUT2D eigenvalue weighted by molar-refractivity contribution is -0.161. The van der Waals surface area contributed by atoms with Gasteiger partial charge >= 0.3 is 31.7 Å². The number of carbonyl (C=O) groups is 4. The van der Waals surface area contributed by atoms with Gasteiger partial charge in [-0.2, -0.15) is 0 Å². The molecule has 0 spiro atoms. The lowest BCUT2D eigenvalue weighted by Gasteiger charge is -2.22. The number of phosphoric acid groups is 1. The molecule has 2 unspecified atom stereocenters. The second-order valence-electron chi connectivity index (χ2n) is 15.5. The second kappa shape index (κ2) is 44.5. The number of ether oxygens (including phenoxy) is 2. The maximum Gasteiger partial charge on any atom is 0.472 e. The van der Waals surface area contributed by atoms with E-state index in [1.807, 2.05) is 0 Å². The van der Waals surface area contributed by atoms with Gasteiger partial charge in [-0.3, -0.25) is 28.2 Å². The van der Waals surface area contributed by atoms with Crippen molar-refractivity contribution in [2.45, 2.75) is 205 Å². The van der Waals surface area contributed by atoms with E-state index >= 15 is 0 Å². The molecule has 0 amide bonds. The van der Waals surface area contributed by atoms with Crippen molar-refractivity contribution in [1.29, 1.82) is 0 Å². The molecule has 0 saturated carbocycles. The molecule has 14 nitrogen and oxygen atoms in total. The average molecular weight is 910 g/mol. The Morgan fingerprint density at radius 1 is 0.458 bits per heavy atom. The number of nitrogens with two attached hydrogens (primary N) is 2. The van der Waals surface area contributed by atoms with Crippen LogP contribution in [0.3, 0.4) is 0 Å². The van der Waals surface area contributed by atoms with Crippen LogP contribution < -0.4 is 11.5 Å². The Balaban J connectivity index is -0.0000157. The Morgan fingerprint density at radius 2 is 0.797 bits per heavy atom. The maximum absolute atomic E-state index is 13.0. The average Bonchev–Trinajstić information content (AvgIpc) is 3.17. The zero-order chi connectivity index (χ0) is 42.2. The number of phosphoric ester groups is 1. The third-order valence-electron chi connectivity index (χ3n) is 10.1. The van der Waals surface area contributed by atoms with E-state index in [1.165, 1.54) is 64.2 Å². The number of unbranched alkanes of at least 4 members (excludes halogenated alkanes) is 21. The lowest BCUT2D eigenvalue weighted by Crippen LogP contribution is -2.30. The van der Waals surface area contributed by atoms with Gasteiger partial charge in [0.05, 0.1) is 13.2 Å². The van der Waals surface area contributed by atoms with E-state index in [0.717, 1.165) is 96.3 Å². The summed E-state index contributed by atoms with van der Waals surface area (Å²) in [7, 11) is -4.50. The number of carbonyl (C=O) groups excluding carboxylic acids is 2. The molecule has 0 aliphatic heterocycles. The fraction of sp³-hybridized carbons (Fsp3) is 0.905. The topological polar surface area (TPSA) is 235 Å². The minimum atomic E-state index is -4.50. The van der Waals surface area contributed by atoms with Crippen molar-refractivity contribution in [3.05, 3.63) is 0 Å². The predicted octanol–water partition coefficient (Wildman–Crippen LogP) is 10.2. The highest BCUT2D eigenvalue weighted by molar-refractivity contribution is 7.47. The minimum absolute atomic E-state index is 0. The summed E-state index contributed by atoms with van der Waals surface area (Å²) in [4.78, 5) is 56.0. The molecular weight excluding hydrogens is 826 g/mol. The number of hydrogen-bond donors (Lipinski definition) is 5. The molecule has 59 heavy (non-hydrogen) atoms. The number of carboxylic acid groups (broad SMARTS) is 2. The molecule has 0 heterocycles. The van der Waals surface area contributed by atoms with Crippen molar-refractivity contribution in [2.24, 2.45) is 17.4 Å². The molecular formula is C42H83Cl2N2O12P. The molecule has 0 bridgehead atoms. The van der Waals surface area contributed by atoms with Gasteiger partial charge in [0.25, 0.3) is 0 Å². The molecule has 0 aromatic rings. The van der Waals surface area contributed by atoms with Crippen molar-refractivity contribution in [3.8, 4) is 0 Å². The van der Waals surface area contributed by atoms with Crippen LogP contribution in [0.5, 0.6) is 0 Å². The zero-order valence-electron chi connectivity index (χ0n) is 36.0. The standard InChI is InChI=1S/C42H81N2O12P.2ClH/c43-32-24-30-41(49)53-35-38(56-42(50)31-25-33-44)36-55-57(51,52)54-34-37(27-21-17-13-9-5-3-7-11-15-19-23-29-40(47)48)26-20-16-12-8-4-1-2-6-10-14-18-22-28-39(45)46;;/h37-38H,1-36,43-44H2,(H,45,46)(H,47,48)(H,51,52);2*1H/t37-,38?;;/m1../s1. The summed E-state index contributed by atoms with van der Waals surface area (Å²) in [5, 5.41) is 17.5. The van der Waals surface area contributed by atoms with Gasteiger partial charge in [-0.1, -0.05) is 135 Å². The summed E-state index contributed by atoms with van der Waals surface area (Å²) in [6.45, 7) is -0.109. The number of aliphatic carboxylic acids is 2. The highest BCUT2D eigenvalue weighted by Gasteiger charge is 2.27. The Hall–Kier alpha value is -1.51. The van der Waals surface area contributed by atoms with Crippen molar-refractivity contribution in [1.82, 2.24) is 0 Å². The first-order valence-corrected chi connectivity index (χ1v) is 23.8. The van der Waals surface area contributed by atoms with Crippen molar-refractivity contribution >= 4 is 56.5 Å². The van der Waals surface area contributed by atoms with Crippen LogP contribution in [0.15, 0.2) is 0 Å². The summed E-state index contributed by atoms with van der Waals surface area (Å²) in [5.41, 5.74) is 10.9. The van der Waals surface area contributed by atoms with E-state index < -0.39 is 44.4 Å². The molecule has 0 saturated heterocycles. The zero-order valence-corrected chi connectivity index (χ0v) is 38.6. The normalized spacial score (nSPS) is 13.1. The summed E-state index contributed by atoms with van der Waals surface area (Å²) in [6.07, 6.45) is 27.5. The lowest BCUT2D eigenvalue weighted by atomic mass is 9.94. The Morgan fingerprint density at radius 3 is 1.17 bits per heavy atom. The van der Waals surface area contributed by atoms with Crippen LogP contribution >= 0.6 is 32.6 Å². The highest BCUT2D eigenvalue weighted by atomic mass is 35.5. The molecule has 352 valence electrons. The molecule has 0 radical (unpaired) electrons. The smallest absolute Gasteiger partial charge is 0.472 e. The first-order chi connectivity index (χ1) is 27.5. The van der Waals surface area contributed by atoms with Crippen molar-refractivity contribution in [3.63, 3.8) is 0 Å². The van der Waals surface area contributed by atoms with Crippen LogP contribution in [-0.2, 0) is 42.3 Å². The van der Waals surface area contributed by atoms with Crippen LogP contribution in [0.2, 0.25) is 0 Å². The summed E-state index contributed by atoms with van der Waals surface area (Å²) >= 11 is 0. The van der Waals surface area contributed by atoms with Crippen LogP contribution in [0.25, 0.3) is 0 Å². The maximum atomic E-state index is 13.0. The van der Waals surface area contributed by atoms with Gasteiger partial charge < -0.3 is 36.0 Å². The molecule has 0 aromatic heterocycles. The third-order valence-corrected chi connectivity index (χ3v) is 11.0. The molecule has 3 atom stereocenters. The SMILES string of the molecule is Cl.Cl.NCCCC(=O)OCC(COP(=O)(O)OC[C@H](CCCCCCCCCCCCCCC(=O)O)CCCCCCCCCCCCCC(=O)O)OC(=O)CCCN. The van der Waals surface area contributed by atoms with E-state index in [-0.39, 0.29) is 69.6 Å². The van der Waals surface area contributed by atoms with Gasteiger partial charge in [0, 0.05) is 25.7 Å². The number of esters is 2. The van der Waals surface area contributed by atoms with E-state index in [2.05, 4.69) is 0 Å². The van der Waals surface area contributed by atoms with Crippen LogP contribution in [0, 0.1) is 5.92 Å². The minimum Gasteiger partial charge on any atom is -0.481 e. The summed E-state index contributed by atoms with van der Waals surface area (Å²) < 4.78 is 34.2. The first kappa shape index (κ1) is 61.8. The Bertz CT molecular complexity index is 1060. The predicted molar refractivity (Wildman–Crippen MR) is 237 cm³/mol. The molecule has 0 rings (SSSR count). The highest BCUT2D eigenvalue weighted by Crippen LogP contribution is 2.44. The van der Waals surface area contributed by atoms with E-state index in [0.29, 0.717) is 25.9 Å². The molecule has 17 heteroatoms. The number of hydrogen-bond acceptors (Lipinski definition) is 11. The quantitative estimate of drug-likeness (QED) is 0.0217. The second-order valence-corrected chi connectivity index (χ2v) is 17.0. The summed E-state index contributed by atoms with van der Waals surface area (Å²) in [5.74, 6) is -2.43. The first-order valence-electron chi connectivity index (χ1n) is 22.3. The van der Waals surface area contributed by atoms with Crippen LogP contribution in [0.1, 0.15) is 199 Å². The third kappa shape index (κ3) is 45.8. The molecule has 0 aliphatic rings. The summed E-state index contributed by atoms with van der Waals surface area (Å²) in [6, 6.07) is 0. The number of carboxylic acids is 2. The van der Waals surface area contributed by atoms with E-state index in [9.17, 15) is 28.6 Å². The van der Waals surface area contributed by atoms with E-state index in [1.54, 1.807) is 0 Å². The van der Waals surface area contributed by atoms with Crippen LogP contribution in [-0.4, -0.2) is 78.0 Å². The van der Waals surface area contributed by atoms with Crippen molar-refractivity contribution < 1.29 is 57.4 Å². The number of halogens is 2. The van der Waals surface area contributed by atoms with Crippen molar-refractivity contribution in [2.75, 3.05) is 32.9 Å². The molecule has 0 fully saturated rings. The Kier molecular flexibility index (Phi) is 46.6. The largest absolute Gasteiger partial charge is 0.481 e. The van der Waals surface area contributed by atoms with Gasteiger partial charge in [-0.15, -0.1) is 24.8 Å². The molecule has 7 N–H and O–H groups in total. The Labute approximate surface area is 368 Å². The van der Waals surface area contributed by atoms with E-state index in [4.69, 9.17) is 40.2 Å².